The Morgan fingerprint density at radius 3 is 3.00 bits per heavy atom. The van der Waals surface area contributed by atoms with Gasteiger partial charge in [-0.25, -0.2) is 0 Å². The van der Waals surface area contributed by atoms with Crippen molar-refractivity contribution in [3.8, 4) is 0 Å². The molecule has 1 fully saturated rings. The van der Waals surface area contributed by atoms with Crippen LogP contribution in [0.5, 0.6) is 0 Å². The van der Waals surface area contributed by atoms with E-state index in [1.165, 1.54) is 0 Å². The minimum absolute atomic E-state index is 0.0466. The van der Waals surface area contributed by atoms with Gasteiger partial charge in [-0.05, 0) is 13.8 Å². The summed E-state index contributed by atoms with van der Waals surface area (Å²) in [5.74, 6) is 0.0466. The lowest BCUT2D eigenvalue weighted by Crippen LogP contribution is -2.55. The Balaban J connectivity index is 1.90. The molecule has 7 nitrogen and oxygen atoms in total. The molecule has 0 radical (unpaired) electrons. The molecule has 19 heavy (non-hydrogen) atoms. The first-order valence-electron chi connectivity index (χ1n) is 6.41. The molecular weight excluding hydrogens is 248 g/mol. The van der Waals surface area contributed by atoms with Crippen molar-refractivity contribution in [2.75, 3.05) is 19.7 Å². The average Bonchev–Trinajstić information content (AvgIpc) is 2.87. The normalized spacial score (nSPS) is 22.5. The average molecular weight is 268 g/mol. The van der Waals surface area contributed by atoms with Crippen LogP contribution in [-0.2, 0) is 16.1 Å². The molecule has 1 atom stereocenters. The molecule has 2 heterocycles. The number of hydrogen-bond acceptors (Lipinski definition) is 5. The minimum atomic E-state index is -0.422. The number of aliphatic hydroxyl groups excluding tert-OH is 1. The van der Waals surface area contributed by atoms with Gasteiger partial charge < -0.3 is 14.7 Å². The highest BCUT2D eigenvalue weighted by Gasteiger charge is 2.34. The van der Waals surface area contributed by atoms with E-state index < -0.39 is 5.60 Å². The predicted molar refractivity (Wildman–Crippen MR) is 67.3 cm³/mol. The van der Waals surface area contributed by atoms with Gasteiger partial charge in [0.2, 0.25) is 5.91 Å². The summed E-state index contributed by atoms with van der Waals surface area (Å²) in [4.78, 5) is 13.9. The van der Waals surface area contributed by atoms with Crippen LogP contribution in [0.1, 0.15) is 20.3 Å². The standard InChI is InChI=1S/C12H20N4O3/c1-12(2)9-15(7-10(8-17)19-12)11(18)3-5-16-6-4-13-14-16/h4,6,10,17H,3,5,7-9H2,1-2H3. The number of carbonyl (C=O) groups is 1. The molecule has 1 aliphatic rings. The van der Waals surface area contributed by atoms with E-state index in [0.29, 0.717) is 26.1 Å². The lowest BCUT2D eigenvalue weighted by Gasteiger charge is -2.42. The highest BCUT2D eigenvalue weighted by atomic mass is 16.5. The van der Waals surface area contributed by atoms with Crippen LogP contribution in [0.3, 0.4) is 0 Å². The highest BCUT2D eigenvalue weighted by molar-refractivity contribution is 5.76. The van der Waals surface area contributed by atoms with E-state index in [0.717, 1.165) is 0 Å². The van der Waals surface area contributed by atoms with Crippen LogP contribution in [0, 0.1) is 0 Å². The number of amides is 1. The second-order valence-electron chi connectivity index (χ2n) is 5.37. The molecule has 0 aliphatic carbocycles. The molecule has 1 aromatic heterocycles. The Hall–Kier alpha value is -1.47. The molecule has 1 aliphatic heterocycles. The number of aromatic nitrogens is 3. The second kappa shape index (κ2) is 5.66. The first-order valence-corrected chi connectivity index (χ1v) is 6.41. The molecule has 1 unspecified atom stereocenters. The second-order valence-corrected chi connectivity index (χ2v) is 5.37. The van der Waals surface area contributed by atoms with Crippen LogP contribution in [-0.4, -0.2) is 62.3 Å². The molecule has 0 bridgehead atoms. The summed E-state index contributed by atoms with van der Waals surface area (Å²) in [6, 6.07) is 0. The minimum Gasteiger partial charge on any atom is -0.394 e. The summed E-state index contributed by atoms with van der Waals surface area (Å²) in [5.41, 5.74) is -0.422. The zero-order valence-corrected chi connectivity index (χ0v) is 11.3. The highest BCUT2D eigenvalue weighted by Crippen LogP contribution is 2.21. The molecule has 1 amide bonds. The Morgan fingerprint density at radius 2 is 2.37 bits per heavy atom. The first kappa shape index (κ1) is 14.0. The van der Waals surface area contributed by atoms with E-state index >= 15 is 0 Å². The van der Waals surface area contributed by atoms with E-state index in [4.69, 9.17) is 4.74 Å². The fourth-order valence-electron chi connectivity index (χ4n) is 2.30. The van der Waals surface area contributed by atoms with Gasteiger partial charge in [0.25, 0.3) is 0 Å². The number of rotatable bonds is 4. The molecule has 0 aromatic carbocycles. The van der Waals surface area contributed by atoms with Crippen LogP contribution < -0.4 is 0 Å². The van der Waals surface area contributed by atoms with Crippen molar-refractivity contribution >= 4 is 5.91 Å². The third kappa shape index (κ3) is 3.74. The summed E-state index contributed by atoms with van der Waals surface area (Å²) in [6.45, 7) is 5.27. The van der Waals surface area contributed by atoms with Crippen molar-refractivity contribution in [2.45, 2.75) is 38.5 Å². The van der Waals surface area contributed by atoms with Crippen LogP contribution >= 0.6 is 0 Å². The number of ether oxygens (including phenoxy) is 1. The van der Waals surface area contributed by atoms with E-state index in [1.54, 1.807) is 22.0 Å². The summed E-state index contributed by atoms with van der Waals surface area (Å²) in [5, 5.41) is 16.7. The number of nitrogens with zero attached hydrogens (tertiary/aromatic N) is 4. The van der Waals surface area contributed by atoms with Crippen molar-refractivity contribution in [1.29, 1.82) is 0 Å². The first-order chi connectivity index (χ1) is 9.00. The number of carbonyl (C=O) groups excluding carboxylic acids is 1. The third-order valence-electron chi connectivity index (χ3n) is 3.06. The molecule has 2 rings (SSSR count). The summed E-state index contributed by atoms with van der Waals surface area (Å²) in [6.07, 6.45) is 3.38. The van der Waals surface area contributed by atoms with Gasteiger partial charge in [0.15, 0.2) is 0 Å². The number of aliphatic hydroxyl groups is 1. The van der Waals surface area contributed by atoms with E-state index in [2.05, 4.69) is 10.3 Å². The van der Waals surface area contributed by atoms with Gasteiger partial charge in [0.1, 0.15) is 0 Å². The summed E-state index contributed by atoms with van der Waals surface area (Å²) >= 11 is 0. The molecule has 1 saturated heterocycles. The summed E-state index contributed by atoms with van der Waals surface area (Å²) < 4.78 is 7.31. The van der Waals surface area contributed by atoms with Gasteiger partial charge in [0, 0.05) is 25.7 Å². The molecule has 106 valence electrons. The van der Waals surface area contributed by atoms with E-state index in [-0.39, 0.29) is 18.6 Å². The Kier molecular flexibility index (Phi) is 4.16. The number of hydrogen-bond donors (Lipinski definition) is 1. The van der Waals surface area contributed by atoms with Gasteiger partial charge in [-0.3, -0.25) is 9.48 Å². The van der Waals surface area contributed by atoms with Crippen molar-refractivity contribution in [3.63, 3.8) is 0 Å². The van der Waals surface area contributed by atoms with Crippen molar-refractivity contribution < 1.29 is 14.6 Å². The van der Waals surface area contributed by atoms with E-state index in [1.807, 2.05) is 13.8 Å². The zero-order chi connectivity index (χ0) is 13.9. The molecule has 1 N–H and O–H groups in total. The maximum atomic E-state index is 12.2. The molecule has 7 heteroatoms. The lowest BCUT2D eigenvalue weighted by molar-refractivity contribution is -0.167. The van der Waals surface area contributed by atoms with Gasteiger partial charge in [-0.2, -0.15) is 0 Å². The molecule has 1 aromatic rings. The Morgan fingerprint density at radius 1 is 1.58 bits per heavy atom. The largest absolute Gasteiger partial charge is 0.394 e. The van der Waals surface area contributed by atoms with Gasteiger partial charge in [-0.1, -0.05) is 5.21 Å². The molecule has 0 saturated carbocycles. The van der Waals surface area contributed by atoms with E-state index in [9.17, 15) is 9.90 Å². The third-order valence-corrected chi connectivity index (χ3v) is 3.06. The van der Waals surface area contributed by atoms with Crippen LogP contribution in [0.4, 0.5) is 0 Å². The fourth-order valence-corrected chi connectivity index (χ4v) is 2.30. The van der Waals surface area contributed by atoms with Gasteiger partial charge in [-0.15, -0.1) is 5.10 Å². The smallest absolute Gasteiger partial charge is 0.224 e. The Bertz CT molecular complexity index is 419. The van der Waals surface area contributed by atoms with Crippen LogP contribution in [0.2, 0.25) is 0 Å². The van der Waals surface area contributed by atoms with Gasteiger partial charge in [0.05, 0.1) is 31.1 Å². The molecular formula is C12H20N4O3. The van der Waals surface area contributed by atoms with Crippen molar-refractivity contribution in [3.05, 3.63) is 12.4 Å². The maximum Gasteiger partial charge on any atom is 0.224 e. The van der Waals surface area contributed by atoms with Crippen molar-refractivity contribution in [2.24, 2.45) is 0 Å². The van der Waals surface area contributed by atoms with Crippen LogP contribution in [0.15, 0.2) is 12.4 Å². The summed E-state index contributed by atoms with van der Waals surface area (Å²) in [7, 11) is 0. The lowest BCUT2D eigenvalue weighted by atomic mass is 10.0. The SMILES string of the molecule is CC1(C)CN(C(=O)CCn2ccnn2)CC(CO)O1. The van der Waals surface area contributed by atoms with Gasteiger partial charge >= 0.3 is 0 Å². The monoisotopic (exact) mass is 268 g/mol. The maximum absolute atomic E-state index is 12.2. The topological polar surface area (TPSA) is 80.5 Å². The van der Waals surface area contributed by atoms with Crippen LogP contribution in [0.25, 0.3) is 0 Å². The zero-order valence-electron chi connectivity index (χ0n) is 11.3. The number of morpholine rings is 1. The molecule has 0 spiro atoms. The predicted octanol–water partition coefficient (Wildman–Crippen LogP) is -0.333. The quantitative estimate of drug-likeness (QED) is 0.808. The fraction of sp³-hybridized carbons (Fsp3) is 0.750. The Labute approximate surface area is 112 Å². The number of aryl methyl sites for hydroxylation is 1. The van der Waals surface area contributed by atoms with Crippen molar-refractivity contribution in [1.82, 2.24) is 19.9 Å².